The van der Waals surface area contributed by atoms with Crippen molar-refractivity contribution in [1.29, 1.82) is 0 Å². The molecule has 0 bridgehead atoms. The van der Waals surface area contributed by atoms with Gasteiger partial charge in [-0.3, -0.25) is 9.59 Å². The number of carbonyl (C=O) groups excluding carboxylic acids is 2. The van der Waals surface area contributed by atoms with Crippen LogP contribution in [0.4, 0.5) is 0 Å². The molecule has 0 fully saturated rings. The summed E-state index contributed by atoms with van der Waals surface area (Å²) in [6.07, 6.45) is 69.0. The Bertz CT molecular complexity index is 1160. The highest BCUT2D eigenvalue weighted by Gasteiger charge is 2.17. The van der Waals surface area contributed by atoms with Crippen LogP contribution in [-0.4, -0.2) is 37.9 Å². The first-order valence-electron chi connectivity index (χ1n) is 26.1. The molecule has 0 saturated carbocycles. The number of carbonyl (C=O) groups is 2. The van der Waals surface area contributed by atoms with Gasteiger partial charge in [0.25, 0.3) is 0 Å². The van der Waals surface area contributed by atoms with Crippen LogP contribution in [0.25, 0.3) is 0 Å². The molecule has 0 aliphatic heterocycles. The van der Waals surface area contributed by atoms with Gasteiger partial charge in [-0.05, 0) is 96.3 Å². The van der Waals surface area contributed by atoms with E-state index in [9.17, 15) is 9.59 Å². The molecule has 0 aliphatic carbocycles. The molecule has 0 N–H and O–H groups in total. The van der Waals surface area contributed by atoms with Gasteiger partial charge in [-0.15, -0.1) is 0 Å². The predicted octanol–water partition coefficient (Wildman–Crippen LogP) is 17.7. The molecule has 0 radical (unpaired) electrons. The van der Waals surface area contributed by atoms with Crippen LogP contribution < -0.4 is 0 Å². The number of rotatable bonds is 47. The fourth-order valence-corrected chi connectivity index (χ4v) is 7.05. The zero-order chi connectivity index (χ0) is 44.9. The van der Waals surface area contributed by atoms with E-state index < -0.39 is 6.10 Å². The van der Waals surface area contributed by atoms with Crippen LogP contribution >= 0.6 is 0 Å². The van der Waals surface area contributed by atoms with Crippen molar-refractivity contribution in [1.82, 2.24) is 0 Å². The smallest absolute Gasteiger partial charge is 0.310 e. The third-order valence-electron chi connectivity index (χ3n) is 10.9. The average Bonchev–Trinajstić information content (AvgIpc) is 3.27. The van der Waals surface area contributed by atoms with Gasteiger partial charge >= 0.3 is 11.9 Å². The second kappa shape index (κ2) is 52.4. The zero-order valence-electron chi connectivity index (χ0n) is 40.9. The van der Waals surface area contributed by atoms with Gasteiger partial charge in [0.1, 0.15) is 6.61 Å². The molecule has 1 unspecified atom stereocenters. The van der Waals surface area contributed by atoms with Gasteiger partial charge in [-0.25, -0.2) is 0 Å². The highest BCUT2D eigenvalue weighted by Crippen LogP contribution is 2.13. The molecule has 0 spiro atoms. The van der Waals surface area contributed by atoms with Gasteiger partial charge < -0.3 is 14.2 Å². The summed E-state index contributed by atoms with van der Waals surface area (Å²) < 4.78 is 17.3. The second-order valence-corrected chi connectivity index (χ2v) is 17.1. The van der Waals surface area contributed by atoms with E-state index in [1.165, 1.54) is 141 Å². The average molecular weight is 863 g/mol. The molecule has 0 saturated heterocycles. The lowest BCUT2D eigenvalue weighted by Crippen LogP contribution is -2.29. The molecule has 0 heterocycles. The molecule has 0 aromatic carbocycles. The topological polar surface area (TPSA) is 61.8 Å². The largest absolute Gasteiger partial charge is 0.462 e. The lowest BCUT2D eigenvalue weighted by atomic mass is 10.1. The number of unbranched alkanes of at least 4 members (excludes halogenated alkanes) is 23. The third-order valence-corrected chi connectivity index (χ3v) is 10.9. The number of ether oxygens (including phenoxy) is 3. The van der Waals surface area contributed by atoms with Gasteiger partial charge in [-0.1, -0.05) is 215 Å². The Morgan fingerprint density at radius 2 is 0.774 bits per heavy atom. The highest BCUT2D eigenvalue weighted by atomic mass is 16.6. The van der Waals surface area contributed by atoms with Crippen LogP contribution in [-0.2, 0) is 23.8 Å². The summed E-state index contributed by atoms with van der Waals surface area (Å²) >= 11 is 0. The van der Waals surface area contributed by atoms with E-state index in [1.54, 1.807) is 0 Å². The zero-order valence-corrected chi connectivity index (χ0v) is 40.9. The summed E-state index contributed by atoms with van der Waals surface area (Å²) in [7, 11) is 0. The van der Waals surface area contributed by atoms with Gasteiger partial charge in [0, 0.05) is 13.0 Å². The van der Waals surface area contributed by atoms with Crippen molar-refractivity contribution in [2.45, 2.75) is 245 Å². The Labute approximate surface area is 384 Å². The first kappa shape index (κ1) is 59.1. The molecular formula is C57H98O5. The second-order valence-electron chi connectivity index (χ2n) is 17.1. The first-order valence-corrected chi connectivity index (χ1v) is 26.1. The lowest BCUT2D eigenvalue weighted by molar-refractivity contribution is -0.162. The van der Waals surface area contributed by atoms with Gasteiger partial charge in [-0.2, -0.15) is 0 Å². The molecule has 0 aromatic heterocycles. The SMILES string of the molecule is CC/C=C\C/C=C\C/C=C\C/C=C\C/C=C\CC(=O)OC(COCCCCCCCC/C=C\CCCCCC)COC(=O)CCCCCCCCC/C=C\CCCCCCCC. The number of esters is 2. The Hall–Kier alpha value is -2.92. The summed E-state index contributed by atoms with van der Waals surface area (Å²) in [6, 6.07) is 0. The summed E-state index contributed by atoms with van der Waals surface area (Å²) in [6.45, 7) is 7.58. The highest BCUT2D eigenvalue weighted by molar-refractivity contribution is 5.71. The molecule has 0 aromatic rings. The first-order chi connectivity index (χ1) is 30.6. The summed E-state index contributed by atoms with van der Waals surface area (Å²) in [5.74, 6) is -0.550. The maximum Gasteiger partial charge on any atom is 0.310 e. The maximum atomic E-state index is 12.7. The molecule has 0 aliphatic rings. The van der Waals surface area contributed by atoms with Crippen LogP contribution in [0.3, 0.4) is 0 Å². The predicted molar refractivity (Wildman–Crippen MR) is 270 cm³/mol. The van der Waals surface area contributed by atoms with Gasteiger partial charge in [0.15, 0.2) is 6.10 Å². The normalized spacial score (nSPS) is 12.9. The summed E-state index contributed by atoms with van der Waals surface area (Å²) in [5, 5.41) is 0. The monoisotopic (exact) mass is 863 g/mol. The van der Waals surface area contributed by atoms with Crippen molar-refractivity contribution >= 4 is 11.9 Å². The van der Waals surface area contributed by atoms with Crippen molar-refractivity contribution in [3.8, 4) is 0 Å². The van der Waals surface area contributed by atoms with Crippen molar-refractivity contribution in [3.05, 3.63) is 85.1 Å². The van der Waals surface area contributed by atoms with E-state index in [0.29, 0.717) is 13.0 Å². The van der Waals surface area contributed by atoms with Crippen molar-refractivity contribution in [3.63, 3.8) is 0 Å². The van der Waals surface area contributed by atoms with Crippen molar-refractivity contribution < 1.29 is 23.8 Å². The minimum Gasteiger partial charge on any atom is -0.462 e. The Balaban J connectivity index is 4.39. The molecule has 0 amide bonds. The van der Waals surface area contributed by atoms with E-state index in [-0.39, 0.29) is 31.6 Å². The van der Waals surface area contributed by atoms with E-state index in [2.05, 4.69) is 93.7 Å². The standard InChI is InChI=1S/C57H98O5/c1-4-7-10-13-16-19-22-25-28-29-31-32-35-38-41-44-47-50-56(58)61-54-55(53-60-52-49-46-43-40-37-34-27-24-21-18-15-12-9-6-3)62-57(59)51-48-45-42-39-36-33-30-26-23-20-17-14-11-8-5-2/h8,11,17,20-21,24-26,28,30,36,39,45,48,55H,4-7,9-10,12-16,18-19,22-23,27,29,31-35,37-38,40-44,46-47,49-54H2,1-3H3/b11-8-,20-17-,24-21-,28-25-,30-26-,39-36-,48-45-. The number of hydrogen-bond donors (Lipinski definition) is 0. The van der Waals surface area contributed by atoms with Crippen LogP contribution in [0.15, 0.2) is 85.1 Å². The Kier molecular flexibility index (Phi) is 50.0. The van der Waals surface area contributed by atoms with E-state index >= 15 is 0 Å². The summed E-state index contributed by atoms with van der Waals surface area (Å²) in [5.41, 5.74) is 0. The molecule has 62 heavy (non-hydrogen) atoms. The van der Waals surface area contributed by atoms with Crippen LogP contribution in [0.1, 0.15) is 239 Å². The number of hydrogen-bond acceptors (Lipinski definition) is 5. The molecule has 356 valence electrons. The van der Waals surface area contributed by atoms with Crippen LogP contribution in [0.2, 0.25) is 0 Å². The fourth-order valence-electron chi connectivity index (χ4n) is 7.05. The van der Waals surface area contributed by atoms with Crippen LogP contribution in [0, 0.1) is 0 Å². The Morgan fingerprint density at radius 1 is 0.387 bits per heavy atom. The van der Waals surface area contributed by atoms with Crippen molar-refractivity contribution in [2.24, 2.45) is 0 Å². The molecule has 0 rings (SSSR count). The molecule has 5 heteroatoms. The molecule has 1 atom stereocenters. The maximum absolute atomic E-state index is 12.7. The fraction of sp³-hybridized carbons (Fsp3) is 0.719. The van der Waals surface area contributed by atoms with E-state index in [4.69, 9.17) is 14.2 Å². The number of allylic oxidation sites excluding steroid dienone is 13. The van der Waals surface area contributed by atoms with E-state index in [1.807, 2.05) is 12.2 Å². The molecular weight excluding hydrogens is 765 g/mol. The minimum atomic E-state index is -0.598. The van der Waals surface area contributed by atoms with Gasteiger partial charge in [0.05, 0.1) is 13.0 Å². The quantitative estimate of drug-likeness (QED) is 0.0346. The molecule has 5 nitrogen and oxygen atoms in total. The van der Waals surface area contributed by atoms with Crippen LogP contribution in [0.5, 0.6) is 0 Å². The minimum absolute atomic E-state index is 0.0385. The lowest BCUT2D eigenvalue weighted by Gasteiger charge is -2.18. The van der Waals surface area contributed by atoms with Crippen molar-refractivity contribution in [2.75, 3.05) is 19.8 Å². The van der Waals surface area contributed by atoms with E-state index in [0.717, 1.165) is 64.2 Å². The Morgan fingerprint density at radius 3 is 1.24 bits per heavy atom. The van der Waals surface area contributed by atoms with Gasteiger partial charge in [0.2, 0.25) is 0 Å². The third kappa shape index (κ3) is 49.7. The summed E-state index contributed by atoms with van der Waals surface area (Å²) in [4.78, 5) is 25.3.